The Morgan fingerprint density at radius 3 is 2.81 bits per heavy atom. The molecular weight excluding hydrogens is 342 g/mol. The van der Waals surface area contributed by atoms with E-state index in [0.717, 1.165) is 41.2 Å². The van der Waals surface area contributed by atoms with E-state index >= 15 is 0 Å². The third-order valence-corrected chi connectivity index (χ3v) is 4.49. The number of hydrogen-bond donors (Lipinski definition) is 1. The first kappa shape index (κ1) is 17.2. The second-order valence-electron chi connectivity index (χ2n) is 6.67. The van der Waals surface area contributed by atoms with Crippen LogP contribution in [0, 0.1) is 6.92 Å². The predicted octanol–water partition coefficient (Wildman–Crippen LogP) is 3.39. The number of nitrogens with one attached hydrogen (secondary N) is 1. The van der Waals surface area contributed by atoms with Gasteiger partial charge in [-0.1, -0.05) is 24.3 Å². The number of aromatic nitrogens is 4. The van der Waals surface area contributed by atoms with E-state index in [0.29, 0.717) is 12.6 Å². The summed E-state index contributed by atoms with van der Waals surface area (Å²) >= 11 is 0. The molecule has 1 aliphatic rings. The molecular formula is C20H21N5O2. The van der Waals surface area contributed by atoms with Crippen LogP contribution >= 0.6 is 0 Å². The maximum Gasteiger partial charge on any atom is 0.227 e. The third kappa shape index (κ3) is 4.13. The minimum atomic E-state index is -0.0949. The molecule has 0 unspecified atom stereocenters. The Labute approximate surface area is 157 Å². The topological polar surface area (TPSA) is 81.9 Å². The van der Waals surface area contributed by atoms with Crippen molar-refractivity contribution < 1.29 is 9.53 Å². The summed E-state index contributed by atoms with van der Waals surface area (Å²) in [5.74, 6) is 1.41. The average Bonchev–Trinajstić information content (AvgIpc) is 3.41. The van der Waals surface area contributed by atoms with Crippen LogP contribution in [-0.4, -0.2) is 32.7 Å². The number of para-hydroxylation sites is 1. The molecule has 1 fully saturated rings. The first-order valence-electron chi connectivity index (χ1n) is 9.07. The molecule has 0 aliphatic heterocycles. The Hall–Kier alpha value is -3.22. The van der Waals surface area contributed by atoms with Crippen LogP contribution in [-0.2, 0) is 4.79 Å². The molecule has 4 rings (SSSR count). The smallest absolute Gasteiger partial charge is 0.227 e. The summed E-state index contributed by atoms with van der Waals surface area (Å²) in [6.07, 6.45) is 2.49. The van der Waals surface area contributed by atoms with Gasteiger partial charge in [-0.3, -0.25) is 4.79 Å². The van der Waals surface area contributed by atoms with Crippen LogP contribution in [0.4, 0.5) is 5.69 Å². The van der Waals surface area contributed by atoms with Gasteiger partial charge in [-0.2, -0.15) is 0 Å². The van der Waals surface area contributed by atoms with E-state index in [9.17, 15) is 4.79 Å². The molecule has 0 radical (unpaired) electrons. The highest BCUT2D eigenvalue weighted by molar-refractivity contribution is 5.91. The van der Waals surface area contributed by atoms with Crippen molar-refractivity contribution in [2.45, 2.75) is 32.2 Å². The lowest BCUT2D eigenvalue weighted by Gasteiger charge is -2.11. The number of carbonyl (C=O) groups excluding carboxylic acids is 1. The van der Waals surface area contributed by atoms with E-state index in [1.165, 1.54) is 0 Å². The highest BCUT2D eigenvalue weighted by Gasteiger charge is 2.28. The number of tetrazole rings is 1. The number of carbonyl (C=O) groups is 1. The standard InChI is InChI=1S/C20H21N5O2/c1-14-7-8-15(13-18(14)20-22-23-24-25(20)16-9-10-16)21-19(26)11-12-27-17-5-3-2-4-6-17/h2-8,13,16H,9-12H2,1H3,(H,21,26). The molecule has 0 spiro atoms. The summed E-state index contributed by atoms with van der Waals surface area (Å²) in [4.78, 5) is 12.2. The lowest BCUT2D eigenvalue weighted by atomic mass is 10.1. The monoisotopic (exact) mass is 363 g/mol. The van der Waals surface area contributed by atoms with Crippen LogP contribution in [0.15, 0.2) is 48.5 Å². The first-order chi connectivity index (χ1) is 13.2. The molecule has 1 amide bonds. The van der Waals surface area contributed by atoms with Gasteiger partial charge >= 0.3 is 0 Å². The van der Waals surface area contributed by atoms with Gasteiger partial charge in [0.05, 0.1) is 19.1 Å². The zero-order valence-electron chi connectivity index (χ0n) is 15.1. The second kappa shape index (κ2) is 7.57. The van der Waals surface area contributed by atoms with E-state index in [2.05, 4.69) is 20.8 Å². The van der Waals surface area contributed by atoms with Crippen molar-refractivity contribution in [2.75, 3.05) is 11.9 Å². The number of benzene rings is 2. The first-order valence-corrected chi connectivity index (χ1v) is 9.07. The number of aryl methyl sites for hydroxylation is 1. The van der Waals surface area contributed by atoms with E-state index in [4.69, 9.17) is 4.74 Å². The van der Waals surface area contributed by atoms with Crippen molar-refractivity contribution in [1.82, 2.24) is 20.2 Å². The third-order valence-electron chi connectivity index (χ3n) is 4.49. The largest absolute Gasteiger partial charge is 0.493 e. The van der Waals surface area contributed by atoms with E-state index in [1.54, 1.807) is 0 Å². The number of hydrogen-bond acceptors (Lipinski definition) is 5. The molecule has 0 saturated heterocycles. The van der Waals surface area contributed by atoms with Gasteiger partial charge in [0, 0.05) is 11.3 Å². The molecule has 1 heterocycles. The number of rotatable bonds is 7. The maximum atomic E-state index is 12.2. The number of nitrogens with zero attached hydrogens (tertiary/aromatic N) is 4. The second-order valence-corrected chi connectivity index (χ2v) is 6.67. The van der Waals surface area contributed by atoms with Crippen molar-refractivity contribution in [3.63, 3.8) is 0 Å². The van der Waals surface area contributed by atoms with Gasteiger partial charge in [-0.15, -0.1) is 5.10 Å². The summed E-state index contributed by atoms with van der Waals surface area (Å²) < 4.78 is 7.45. The highest BCUT2D eigenvalue weighted by Crippen LogP contribution is 2.37. The van der Waals surface area contributed by atoms with Crippen LogP contribution in [0.25, 0.3) is 11.4 Å². The van der Waals surface area contributed by atoms with E-state index < -0.39 is 0 Å². The summed E-state index contributed by atoms with van der Waals surface area (Å²) in [6.45, 7) is 2.34. The molecule has 138 valence electrons. The number of amides is 1. The van der Waals surface area contributed by atoms with Crippen LogP contribution in [0.3, 0.4) is 0 Å². The van der Waals surface area contributed by atoms with Crippen molar-refractivity contribution >= 4 is 11.6 Å². The van der Waals surface area contributed by atoms with Crippen LogP contribution < -0.4 is 10.1 Å². The van der Waals surface area contributed by atoms with Crippen molar-refractivity contribution in [3.05, 3.63) is 54.1 Å². The molecule has 1 N–H and O–H groups in total. The summed E-state index contributed by atoms with van der Waals surface area (Å²) in [5.41, 5.74) is 2.73. The quantitative estimate of drug-likeness (QED) is 0.696. The Kier molecular flexibility index (Phi) is 4.82. The van der Waals surface area contributed by atoms with Crippen molar-refractivity contribution in [1.29, 1.82) is 0 Å². The Bertz CT molecular complexity index is 935. The number of anilines is 1. The minimum Gasteiger partial charge on any atom is -0.493 e. The molecule has 27 heavy (non-hydrogen) atoms. The van der Waals surface area contributed by atoms with E-state index in [-0.39, 0.29) is 12.3 Å². The Balaban J connectivity index is 1.40. The molecule has 1 aliphatic carbocycles. The average molecular weight is 363 g/mol. The highest BCUT2D eigenvalue weighted by atomic mass is 16.5. The Morgan fingerprint density at radius 2 is 2.04 bits per heavy atom. The van der Waals surface area contributed by atoms with Gasteiger partial charge in [-0.05, 0) is 60.0 Å². The normalized spacial score (nSPS) is 13.4. The van der Waals surface area contributed by atoms with Gasteiger partial charge < -0.3 is 10.1 Å². The molecule has 2 aromatic carbocycles. The van der Waals surface area contributed by atoms with Gasteiger partial charge in [0.25, 0.3) is 0 Å². The van der Waals surface area contributed by atoms with Crippen LogP contribution in [0.1, 0.15) is 30.9 Å². The fourth-order valence-electron chi connectivity index (χ4n) is 2.88. The van der Waals surface area contributed by atoms with Crippen molar-refractivity contribution in [2.24, 2.45) is 0 Å². The fraction of sp³-hybridized carbons (Fsp3) is 0.300. The molecule has 7 nitrogen and oxygen atoms in total. The van der Waals surface area contributed by atoms with Crippen molar-refractivity contribution in [3.8, 4) is 17.1 Å². The Morgan fingerprint density at radius 1 is 1.22 bits per heavy atom. The maximum absolute atomic E-state index is 12.2. The lowest BCUT2D eigenvalue weighted by molar-refractivity contribution is -0.116. The molecule has 0 bridgehead atoms. The minimum absolute atomic E-state index is 0.0949. The predicted molar refractivity (Wildman–Crippen MR) is 101 cm³/mol. The van der Waals surface area contributed by atoms with Gasteiger partial charge in [0.1, 0.15) is 5.75 Å². The van der Waals surface area contributed by atoms with Gasteiger partial charge in [0.15, 0.2) is 5.82 Å². The summed E-state index contributed by atoms with van der Waals surface area (Å²) in [5, 5.41) is 15.0. The lowest BCUT2D eigenvalue weighted by Crippen LogP contribution is -2.15. The van der Waals surface area contributed by atoms with E-state index in [1.807, 2.05) is 60.1 Å². The van der Waals surface area contributed by atoms with Crippen LogP contribution in [0.5, 0.6) is 5.75 Å². The van der Waals surface area contributed by atoms with Gasteiger partial charge in [-0.25, -0.2) is 4.68 Å². The molecule has 1 aromatic heterocycles. The molecule has 3 aromatic rings. The molecule has 0 atom stereocenters. The summed E-state index contributed by atoms with van der Waals surface area (Å²) in [6, 6.07) is 15.6. The zero-order valence-corrected chi connectivity index (χ0v) is 15.1. The van der Waals surface area contributed by atoms with Crippen LogP contribution in [0.2, 0.25) is 0 Å². The fourth-order valence-corrected chi connectivity index (χ4v) is 2.88. The summed E-state index contributed by atoms with van der Waals surface area (Å²) in [7, 11) is 0. The number of ether oxygens (including phenoxy) is 1. The SMILES string of the molecule is Cc1ccc(NC(=O)CCOc2ccccc2)cc1-c1nnnn1C1CC1. The molecule has 1 saturated carbocycles. The van der Waals surface area contributed by atoms with Gasteiger partial charge in [0.2, 0.25) is 5.91 Å². The zero-order chi connectivity index (χ0) is 18.6. The molecule has 7 heteroatoms.